The van der Waals surface area contributed by atoms with Crippen LogP contribution in [0.25, 0.3) is 0 Å². The Labute approximate surface area is 118 Å². The van der Waals surface area contributed by atoms with Crippen molar-refractivity contribution in [1.29, 1.82) is 0 Å². The number of piperazine rings is 1. The van der Waals surface area contributed by atoms with E-state index in [-0.39, 0.29) is 0 Å². The molecule has 2 aliphatic heterocycles. The average Bonchev–Trinajstić information content (AvgIpc) is 2.34. The van der Waals surface area contributed by atoms with Gasteiger partial charge in [-0.15, -0.1) is 0 Å². The molecule has 112 valence electrons. The van der Waals surface area contributed by atoms with Gasteiger partial charge in [-0.1, -0.05) is 13.8 Å². The quantitative estimate of drug-likeness (QED) is 0.712. The third-order valence-corrected chi connectivity index (χ3v) is 4.23. The number of hydrogen-bond donors (Lipinski definition) is 1. The smallest absolute Gasteiger partial charge is 0.0824 e. The van der Waals surface area contributed by atoms with Crippen molar-refractivity contribution in [3.05, 3.63) is 0 Å². The third-order valence-electron chi connectivity index (χ3n) is 4.23. The van der Waals surface area contributed by atoms with Gasteiger partial charge < -0.3 is 15.0 Å². The highest BCUT2D eigenvalue weighted by Crippen LogP contribution is 2.08. The van der Waals surface area contributed by atoms with Gasteiger partial charge in [-0.2, -0.15) is 0 Å². The van der Waals surface area contributed by atoms with E-state index < -0.39 is 0 Å². The molecule has 0 amide bonds. The first kappa shape index (κ1) is 15.2. The molecule has 2 fully saturated rings. The highest BCUT2D eigenvalue weighted by atomic mass is 16.5. The van der Waals surface area contributed by atoms with E-state index in [1.165, 1.54) is 45.6 Å². The second-order valence-electron chi connectivity index (χ2n) is 6.37. The molecular weight excluding hydrogens is 238 g/mol. The van der Waals surface area contributed by atoms with Crippen molar-refractivity contribution in [2.45, 2.75) is 32.8 Å². The maximum absolute atomic E-state index is 5.78. The molecule has 1 N–H and O–H groups in total. The SMILES string of the molecule is CC(C)CCCN1CCN(CCOC2CNC2)CC1. The summed E-state index contributed by atoms with van der Waals surface area (Å²) < 4.78 is 5.78. The minimum absolute atomic E-state index is 0.484. The van der Waals surface area contributed by atoms with Crippen LogP contribution in [0.2, 0.25) is 0 Å². The molecule has 2 heterocycles. The molecule has 0 aromatic rings. The van der Waals surface area contributed by atoms with Crippen molar-refractivity contribution in [1.82, 2.24) is 15.1 Å². The summed E-state index contributed by atoms with van der Waals surface area (Å²) in [7, 11) is 0. The molecule has 0 aromatic heterocycles. The molecule has 0 radical (unpaired) electrons. The van der Waals surface area contributed by atoms with Crippen LogP contribution in [0.1, 0.15) is 26.7 Å². The zero-order valence-electron chi connectivity index (χ0n) is 12.7. The van der Waals surface area contributed by atoms with E-state index in [9.17, 15) is 0 Å². The Kier molecular flexibility index (Phi) is 6.57. The first-order chi connectivity index (χ1) is 9.24. The summed E-state index contributed by atoms with van der Waals surface area (Å²) in [5.74, 6) is 0.847. The topological polar surface area (TPSA) is 27.7 Å². The Hall–Kier alpha value is -0.160. The van der Waals surface area contributed by atoms with Gasteiger partial charge in [0, 0.05) is 45.8 Å². The van der Waals surface area contributed by atoms with Gasteiger partial charge in [-0.05, 0) is 25.3 Å². The van der Waals surface area contributed by atoms with Crippen molar-refractivity contribution in [2.75, 3.05) is 59.0 Å². The normalized spacial score (nSPS) is 22.9. The molecule has 19 heavy (non-hydrogen) atoms. The zero-order valence-corrected chi connectivity index (χ0v) is 12.7. The predicted octanol–water partition coefficient (Wildman–Crippen LogP) is 1.03. The Bertz CT molecular complexity index is 236. The highest BCUT2D eigenvalue weighted by Gasteiger charge is 2.19. The van der Waals surface area contributed by atoms with Crippen LogP contribution in [0, 0.1) is 5.92 Å². The van der Waals surface area contributed by atoms with Crippen LogP contribution < -0.4 is 5.32 Å². The summed E-state index contributed by atoms with van der Waals surface area (Å²) in [5, 5.41) is 3.24. The lowest BCUT2D eigenvalue weighted by atomic mass is 10.1. The van der Waals surface area contributed by atoms with Crippen LogP contribution in [0.4, 0.5) is 0 Å². The van der Waals surface area contributed by atoms with Gasteiger partial charge in [0.25, 0.3) is 0 Å². The average molecular weight is 269 g/mol. The fourth-order valence-electron chi connectivity index (χ4n) is 2.69. The molecule has 0 saturated carbocycles. The van der Waals surface area contributed by atoms with Crippen LogP contribution in [0.15, 0.2) is 0 Å². The zero-order chi connectivity index (χ0) is 13.5. The summed E-state index contributed by atoms with van der Waals surface area (Å²) in [6.07, 6.45) is 3.20. The molecule has 0 atom stereocenters. The molecular formula is C15H31N3O. The van der Waals surface area contributed by atoms with Gasteiger partial charge in [0.05, 0.1) is 12.7 Å². The van der Waals surface area contributed by atoms with Crippen molar-refractivity contribution in [3.8, 4) is 0 Å². The van der Waals surface area contributed by atoms with E-state index in [2.05, 4.69) is 29.0 Å². The lowest BCUT2D eigenvalue weighted by Crippen LogP contribution is -2.50. The first-order valence-corrected chi connectivity index (χ1v) is 8.01. The van der Waals surface area contributed by atoms with E-state index in [0.717, 1.165) is 32.2 Å². The monoisotopic (exact) mass is 269 g/mol. The fourth-order valence-corrected chi connectivity index (χ4v) is 2.69. The molecule has 4 heteroatoms. The van der Waals surface area contributed by atoms with Crippen molar-refractivity contribution >= 4 is 0 Å². The van der Waals surface area contributed by atoms with Crippen LogP contribution in [0.5, 0.6) is 0 Å². The van der Waals surface area contributed by atoms with Crippen molar-refractivity contribution in [3.63, 3.8) is 0 Å². The Balaban J connectivity index is 1.47. The standard InChI is InChI=1S/C15H31N3O/c1-14(2)4-3-5-17-6-8-18(9-7-17)10-11-19-15-12-16-13-15/h14-16H,3-13H2,1-2H3. The Morgan fingerprint density at radius 3 is 2.21 bits per heavy atom. The summed E-state index contributed by atoms with van der Waals surface area (Å²) in [6.45, 7) is 14.9. The van der Waals surface area contributed by atoms with Crippen LogP contribution in [0.3, 0.4) is 0 Å². The highest BCUT2D eigenvalue weighted by molar-refractivity contribution is 4.76. The van der Waals surface area contributed by atoms with Gasteiger partial charge in [-0.25, -0.2) is 0 Å². The Morgan fingerprint density at radius 1 is 1.05 bits per heavy atom. The number of hydrogen-bond acceptors (Lipinski definition) is 4. The van der Waals surface area contributed by atoms with Gasteiger partial charge in [0.15, 0.2) is 0 Å². The summed E-state index contributed by atoms with van der Waals surface area (Å²) in [6, 6.07) is 0. The molecule has 0 bridgehead atoms. The van der Waals surface area contributed by atoms with Crippen LogP contribution >= 0.6 is 0 Å². The molecule has 2 rings (SSSR count). The number of nitrogens with zero attached hydrogens (tertiary/aromatic N) is 2. The van der Waals surface area contributed by atoms with Crippen LogP contribution in [-0.2, 0) is 4.74 Å². The molecule has 0 spiro atoms. The molecule has 2 aliphatic rings. The minimum atomic E-state index is 0.484. The second-order valence-corrected chi connectivity index (χ2v) is 6.37. The number of rotatable bonds is 8. The lowest BCUT2D eigenvalue weighted by Gasteiger charge is -2.35. The molecule has 0 unspecified atom stereocenters. The van der Waals surface area contributed by atoms with Crippen LogP contribution in [-0.4, -0.2) is 74.9 Å². The Morgan fingerprint density at radius 2 is 1.68 bits per heavy atom. The maximum Gasteiger partial charge on any atom is 0.0824 e. The molecule has 4 nitrogen and oxygen atoms in total. The third kappa shape index (κ3) is 5.78. The van der Waals surface area contributed by atoms with Crippen molar-refractivity contribution in [2.24, 2.45) is 5.92 Å². The van der Waals surface area contributed by atoms with E-state index in [4.69, 9.17) is 4.74 Å². The van der Waals surface area contributed by atoms with Gasteiger partial charge in [0.2, 0.25) is 0 Å². The van der Waals surface area contributed by atoms with E-state index in [0.29, 0.717) is 6.10 Å². The fraction of sp³-hybridized carbons (Fsp3) is 1.00. The van der Waals surface area contributed by atoms with Crippen molar-refractivity contribution < 1.29 is 4.74 Å². The summed E-state index contributed by atoms with van der Waals surface area (Å²) in [5.41, 5.74) is 0. The van der Waals surface area contributed by atoms with E-state index >= 15 is 0 Å². The van der Waals surface area contributed by atoms with E-state index in [1.807, 2.05) is 0 Å². The number of ether oxygens (including phenoxy) is 1. The first-order valence-electron chi connectivity index (χ1n) is 8.01. The van der Waals surface area contributed by atoms with Gasteiger partial charge in [0.1, 0.15) is 0 Å². The largest absolute Gasteiger partial charge is 0.374 e. The van der Waals surface area contributed by atoms with E-state index in [1.54, 1.807) is 0 Å². The van der Waals surface area contributed by atoms with Gasteiger partial charge >= 0.3 is 0 Å². The maximum atomic E-state index is 5.78. The number of nitrogens with one attached hydrogen (secondary N) is 1. The molecule has 0 aliphatic carbocycles. The molecule has 2 saturated heterocycles. The minimum Gasteiger partial charge on any atom is -0.374 e. The second kappa shape index (κ2) is 8.20. The molecule has 0 aromatic carbocycles. The lowest BCUT2D eigenvalue weighted by molar-refractivity contribution is 0.00160. The summed E-state index contributed by atoms with van der Waals surface area (Å²) in [4.78, 5) is 5.17. The van der Waals surface area contributed by atoms with Gasteiger partial charge in [-0.3, -0.25) is 4.90 Å². The summed E-state index contributed by atoms with van der Waals surface area (Å²) >= 11 is 0. The predicted molar refractivity (Wildman–Crippen MR) is 79.6 cm³/mol.